The van der Waals surface area contributed by atoms with E-state index in [1.54, 1.807) is 12.1 Å². The molecule has 23 heavy (non-hydrogen) atoms. The maximum absolute atomic E-state index is 11.9. The van der Waals surface area contributed by atoms with Crippen LogP contribution in [0.4, 0.5) is 4.79 Å². The van der Waals surface area contributed by atoms with Gasteiger partial charge in [0.05, 0.1) is 19.3 Å². The molecule has 1 atom stereocenters. The Bertz CT molecular complexity index is 598. The van der Waals surface area contributed by atoms with Crippen LogP contribution in [0.25, 0.3) is 0 Å². The van der Waals surface area contributed by atoms with Gasteiger partial charge < -0.3 is 19.9 Å². The number of carbonyl (C=O) groups is 1. The highest BCUT2D eigenvalue weighted by molar-refractivity contribution is 5.68. The van der Waals surface area contributed by atoms with Crippen molar-refractivity contribution >= 4 is 6.09 Å². The summed E-state index contributed by atoms with van der Waals surface area (Å²) in [6, 6.07) is 16.1. The Labute approximate surface area is 135 Å². The molecule has 0 saturated heterocycles. The Morgan fingerprint density at radius 1 is 1.13 bits per heavy atom. The van der Waals surface area contributed by atoms with E-state index >= 15 is 0 Å². The third-order valence-electron chi connectivity index (χ3n) is 3.28. The molecule has 0 aliphatic rings. The van der Waals surface area contributed by atoms with Gasteiger partial charge >= 0.3 is 6.09 Å². The van der Waals surface area contributed by atoms with Crippen LogP contribution in [0.15, 0.2) is 54.6 Å². The molecule has 2 aromatic rings. The van der Waals surface area contributed by atoms with Crippen molar-refractivity contribution in [2.24, 2.45) is 0 Å². The maximum atomic E-state index is 11.9. The van der Waals surface area contributed by atoms with Crippen LogP contribution >= 0.6 is 0 Å². The quantitative estimate of drug-likeness (QED) is 0.824. The van der Waals surface area contributed by atoms with E-state index in [0.717, 1.165) is 16.9 Å². The Morgan fingerprint density at radius 2 is 1.83 bits per heavy atom. The first-order valence-electron chi connectivity index (χ1n) is 7.53. The molecule has 0 aliphatic carbocycles. The first-order valence-corrected chi connectivity index (χ1v) is 7.53. The van der Waals surface area contributed by atoms with Crippen LogP contribution in [0.1, 0.15) is 24.1 Å². The lowest BCUT2D eigenvalue weighted by Gasteiger charge is -2.17. The zero-order valence-corrected chi connectivity index (χ0v) is 13.1. The third-order valence-corrected chi connectivity index (χ3v) is 3.28. The molecule has 122 valence electrons. The minimum atomic E-state index is -0.568. The lowest BCUT2D eigenvalue weighted by molar-refractivity contribution is 0.129. The number of aliphatic hydroxyl groups excluding tert-OH is 1. The summed E-state index contributed by atoms with van der Waals surface area (Å²) in [6.07, 6.45) is -0.568. The summed E-state index contributed by atoms with van der Waals surface area (Å²) in [5.41, 5.74) is 1.69. The molecule has 5 heteroatoms. The van der Waals surface area contributed by atoms with Gasteiger partial charge in [0, 0.05) is 0 Å². The first kappa shape index (κ1) is 16.8. The van der Waals surface area contributed by atoms with Crippen LogP contribution < -0.4 is 10.1 Å². The normalized spacial score (nSPS) is 11.6. The zero-order valence-electron chi connectivity index (χ0n) is 13.1. The summed E-state index contributed by atoms with van der Waals surface area (Å²) in [5.74, 6) is 0.750. The molecular weight excluding hydrogens is 294 g/mol. The Morgan fingerprint density at radius 3 is 2.43 bits per heavy atom. The predicted molar refractivity (Wildman–Crippen MR) is 87.2 cm³/mol. The molecule has 0 fully saturated rings. The third kappa shape index (κ3) is 5.30. The van der Waals surface area contributed by atoms with Crippen molar-refractivity contribution in [3.8, 4) is 5.75 Å². The summed E-state index contributed by atoms with van der Waals surface area (Å²) in [6.45, 7) is 2.48. The second kappa shape index (κ2) is 8.80. The molecule has 0 spiro atoms. The summed E-state index contributed by atoms with van der Waals surface area (Å²) < 4.78 is 10.5. The van der Waals surface area contributed by atoms with Crippen molar-refractivity contribution in [3.05, 3.63) is 65.7 Å². The lowest BCUT2D eigenvalue weighted by atomic mass is 10.1. The van der Waals surface area contributed by atoms with Crippen molar-refractivity contribution in [1.82, 2.24) is 5.32 Å². The fourth-order valence-corrected chi connectivity index (χ4v) is 2.10. The molecule has 0 bridgehead atoms. The smallest absolute Gasteiger partial charge is 0.408 e. The summed E-state index contributed by atoms with van der Waals surface area (Å²) in [7, 11) is 0. The molecule has 0 saturated carbocycles. The second-order valence-electron chi connectivity index (χ2n) is 4.94. The van der Waals surface area contributed by atoms with Crippen LogP contribution in [-0.4, -0.2) is 24.4 Å². The average Bonchev–Trinajstić information content (AvgIpc) is 2.60. The van der Waals surface area contributed by atoms with Gasteiger partial charge in [-0.3, -0.25) is 0 Å². The van der Waals surface area contributed by atoms with E-state index < -0.39 is 12.1 Å². The van der Waals surface area contributed by atoms with Gasteiger partial charge in [-0.25, -0.2) is 4.79 Å². The van der Waals surface area contributed by atoms with E-state index in [9.17, 15) is 9.90 Å². The number of amides is 1. The number of alkyl carbamates (subject to hydrolysis) is 1. The fraction of sp³-hybridized carbons (Fsp3) is 0.278. The van der Waals surface area contributed by atoms with E-state index in [-0.39, 0.29) is 13.2 Å². The van der Waals surface area contributed by atoms with Gasteiger partial charge in [-0.2, -0.15) is 0 Å². The van der Waals surface area contributed by atoms with Crippen molar-refractivity contribution in [2.45, 2.75) is 19.6 Å². The minimum Gasteiger partial charge on any atom is -0.494 e. The Hall–Kier alpha value is -2.53. The first-order chi connectivity index (χ1) is 11.2. The van der Waals surface area contributed by atoms with E-state index in [1.165, 1.54) is 0 Å². The van der Waals surface area contributed by atoms with Crippen molar-refractivity contribution in [3.63, 3.8) is 0 Å². The van der Waals surface area contributed by atoms with Crippen LogP contribution in [-0.2, 0) is 11.3 Å². The van der Waals surface area contributed by atoms with Crippen LogP contribution in [0.3, 0.4) is 0 Å². The highest BCUT2D eigenvalue weighted by atomic mass is 16.5. The zero-order chi connectivity index (χ0) is 16.5. The highest BCUT2D eigenvalue weighted by Gasteiger charge is 2.14. The molecule has 1 unspecified atom stereocenters. The largest absolute Gasteiger partial charge is 0.494 e. The van der Waals surface area contributed by atoms with E-state index in [0.29, 0.717) is 6.61 Å². The Balaban J connectivity index is 1.89. The number of nitrogens with one attached hydrogen (secondary N) is 1. The molecule has 5 nitrogen and oxygen atoms in total. The summed E-state index contributed by atoms with van der Waals surface area (Å²) in [5, 5.41) is 12.1. The highest BCUT2D eigenvalue weighted by Crippen LogP contribution is 2.18. The van der Waals surface area contributed by atoms with Gasteiger partial charge in [-0.1, -0.05) is 42.5 Å². The number of rotatable bonds is 7. The molecule has 0 aromatic heterocycles. The Kier molecular flexibility index (Phi) is 6.44. The SMILES string of the molecule is CCOc1ccc(C(CO)NC(=O)OCc2ccccc2)cc1. The van der Waals surface area contributed by atoms with Crippen LogP contribution in [0, 0.1) is 0 Å². The summed E-state index contributed by atoms with van der Waals surface area (Å²) >= 11 is 0. The van der Waals surface area contributed by atoms with Gasteiger partial charge in [-0.05, 0) is 30.2 Å². The van der Waals surface area contributed by atoms with Gasteiger partial charge in [-0.15, -0.1) is 0 Å². The average molecular weight is 315 g/mol. The number of carbonyl (C=O) groups excluding carboxylic acids is 1. The number of ether oxygens (including phenoxy) is 2. The lowest BCUT2D eigenvalue weighted by Crippen LogP contribution is -2.31. The molecule has 0 heterocycles. The van der Waals surface area contributed by atoms with Crippen molar-refractivity contribution < 1.29 is 19.4 Å². The summed E-state index contributed by atoms with van der Waals surface area (Å²) in [4.78, 5) is 11.9. The molecule has 2 N–H and O–H groups in total. The molecule has 0 radical (unpaired) electrons. The van der Waals surface area contributed by atoms with E-state index in [2.05, 4.69) is 5.32 Å². The monoisotopic (exact) mass is 315 g/mol. The number of benzene rings is 2. The van der Waals surface area contributed by atoms with Gasteiger partial charge in [0.15, 0.2) is 0 Å². The molecule has 2 aromatic carbocycles. The van der Waals surface area contributed by atoms with Crippen molar-refractivity contribution in [1.29, 1.82) is 0 Å². The fourth-order valence-electron chi connectivity index (χ4n) is 2.10. The van der Waals surface area contributed by atoms with Crippen LogP contribution in [0.5, 0.6) is 5.75 Å². The molecule has 0 aliphatic heterocycles. The standard InChI is InChI=1S/C18H21NO4/c1-2-22-16-10-8-15(9-11-16)17(12-20)19-18(21)23-13-14-6-4-3-5-7-14/h3-11,17,20H,2,12-13H2,1H3,(H,19,21). The van der Waals surface area contributed by atoms with E-state index in [1.807, 2.05) is 49.4 Å². The van der Waals surface area contributed by atoms with Gasteiger partial charge in [0.2, 0.25) is 0 Å². The molecule has 1 amide bonds. The number of hydrogen-bond donors (Lipinski definition) is 2. The van der Waals surface area contributed by atoms with Gasteiger partial charge in [0.25, 0.3) is 0 Å². The number of aliphatic hydroxyl groups is 1. The molecular formula is C18H21NO4. The minimum absolute atomic E-state index is 0.189. The van der Waals surface area contributed by atoms with Crippen LogP contribution in [0.2, 0.25) is 0 Å². The predicted octanol–water partition coefficient (Wildman–Crippen LogP) is 3.05. The van der Waals surface area contributed by atoms with Gasteiger partial charge in [0.1, 0.15) is 12.4 Å². The second-order valence-corrected chi connectivity index (χ2v) is 4.94. The topological polar surface area (TPSA) is 67.8 Å². The maximum Gasteiger partial charge on any atom is 0.408 e. The number of hydrogen-bond acceptors (Lipinski definition) is 4. The molecule has 2 rings (SSSR count). The van der Waals surface area contributed by atoms with Crippen molar-refractivity contribution in [2.75, 3.05) is 13.2 Å². The van der Waals surface area contributed by atoms with E-state index in [4.69, 9.17) is 9.47 Å².